The van der Waals surface area contributed by atoms with Crippen LogP contribution in [-0.2, 0) is 4.79 Å². The van der Waals surface area contributed by atoms with E-state index in [1.54, 1.807) is 12.3 Å². The molecule has 5 nitrogen and oxygen atoms in total. The fraction of sp³-hybridized carbons (Fsp3) is 0.571. The van der Waals surface area contributed by atoms with Crippen molar-refractivity contribution < 1.29 is 4.79 Å². The van der Waals surface area contributed by atoms with E-state index in [9.17, 15) is 4.79 Å². The Balaban J connectivity index is 2.03. The number of aromatic nitrogens is 1. The molecule has 0 aliphatic carbocycles. The standard InChI is InChI=1S/C14H21ClN4O/c1-14(2,3)13(20)19-6-4-18(5-7-19)12-11(16)8-10(15)9-17-12/h8-9H,4-7,16H2,1-3H3. The lowest BCUT2D eigenvalue weighted by molar-refractivity contribution is -0.139. The van der Waals surface area contributed by atoms with E-state index in [1.165, 1.54) is 0 Å². The highest BCUT2D eigenvalue weighted by molar-refractivity contribution is 6.30. The van der Waals surface area contributed by atoms with Crippen molar-refractivity contribution in [3.8, 4) is 0 Å². The summed E-state index contributed by atoms with van der Waals surface area (Å²) in [5.74, 6) is 0.937. The maximum absolute atomic E-state index is 12.2. The van der Waals surface area contributed by atoms with Gasteiger partial charge in [0, 0.05) is 37.8 Å². The van der Waals surface area contributed by atoms with Gasteiger partial charge < -0.3 is 15.5 Å². The first-order valence-electron chi connectivity index (χ1n) is 6.74. The summed E-state index contributed by atoms with van der Waals surface area (Å²) < 4.78 is 0. The number of carbonyl (C=O) groups is 1. The predicted molar refractivity (Wildman–Crippen MR) is 81.9 cm³/mol. The molecule has 1 aromatic rings. The van der Waals surface area contributed by atoms with Gasteiger partial charge in [0.1, 0.15) is 0 Å². The lowest BCUT2D eigenvalue weighted by Gasteiger charge is -2.38. The number of hydrogen-bond donors (Lipinski definition) is 1. The Bertz CT molecular complexity index is 504. The Hall–Kier alpha value is -1.49. The summed E-state index contributed by atoms with van der Waals surface area (Å²) in [5, 5.41) is 0.535. The van der Waals surface area contributed by atoms with Crippen LogP contribution >= 0.6 is 11.6 Å². The minimum Gasteiger partial charge on any atom is -0.396 e. The summed E-state index contributed by atoms with van der Waals surface area (Å²) in [6, 6.07) is 1.70. The second-order valence-electron chi connectivity index (χ2n) is 6.10. The van der Waals surface area contributed by atoms with E-state index in [0.29, 0.717) is 23.8 Å². The molecule has 2 heterocycles. The molecular weight excluding hydrogens is 276 g/mol. The summed E-state index contributed by atoms with van der Waals surface area (Å²) in [7, 11) is 0. The van der Waals surface area contributed by atoms with Crippen molar-refractivity contribution in [3.05, 3.63) is 17.3 Å². The second kappa shape index (κ2) is 5.48. The van der Waals surface area contributed by atoms with Gasteiger partial charge in [0.25, 0.3) is 0 Å². The molecule has 20 heavy (non-hydrogen) atoms. The summed E-state index contributed by atoms with van der Waals surface area (Å²) in [6.45, 7) is 8.70. The van der Waals surface area contributed by atoms with Gasteiger partial charge in [-0.15, -0.1) is 0 Å². The molecule has 0 bridgehead atoms. The van der Waals surface area contributed by atoms with E-state index in [-0.39, 0.29) is 11.3 Å². The monoisotopic (exact) mass is 296 g/mol. The Kier molecular flexibility index (Phi) is 4.09. The van der Waals surface area contributed by atoms with Crippen LogP contribution in [0.15, 0.2) is 12.3 Å². The number of rotatable bonds is 1. The predicted octanol–water partition coefficient (Wildman–Crippen LogP) is 2.01. The Labute approximate surface area is 124 Å². The molecule has 0 aromatic carbocycles. The number of pyridine rings is 1. The number of nitrogens with two attached hydrogens (primary N) is 1. The molecule has 0 spiro atoms. The molecule has 110 valence electrons. The highest BCUT2D eigenvalue weighted by Crippen LogP contribution is 2.25. The minimum atomic E-state index is -0.334. The number of anilines is 2. The van der Waals surface area contributed by atoms with Crippen molar-refractivity contribution in [2.24, 2.45) is 5.41 Å². The SMILES string of the molecule is CC(C)(C)C(=O)N1CCN(c2ncc(Cl)cc2N)CC1. The van der Waals surface area contributed by atoms with Crippen LogP contribution in [0.5, 0.6) is 0 Å². The summed E-state index contributed by atoms with van der Waals surface area (Å²) >= 11 is 5.86. The Morgan fingerprint density at radius 3 is 2.40 bits per heavy atom. The van der Waals surface area contributed by atoms with Gasteiger partial charge in [0.15, 0.2) is 5.82 Å². The van der Waals surface area contributed by atoms with E-state index < -0.39 is 0 Å². The van der Waals surface area contributed by atoms with Crippen molar-refractivity contribution >= 4 is 29.0 Å². The first-order valence-corrected chi connectivity index (χ1v) is 7.12. The molecule has 1 aliphatic rings. The van der Waals surface area contributed by atoms with Gasteiger partial charge in [0.05, 0.1) is 10.7 Å². The quantitative estimate of drug-likeness (QED) is 0.861. The minimum absolute atomic E-state index is 0.189. The number of carbonyl (C=O) groups excluding carboxylic acids is 1. The van der Waals surface area contributed by atoms with E-state index in [4.69, 9.17) is 17.3 Å². The van der Waals surface area contributed by atoms with Gasteiger partial charge in [-0.25, -0.2) is 4.98 Å². The molecular formula is C14H21ClN4O. The molecule has 2 N–H and O–H groups in total. The van der Waals surface area contributed by atoms with Gasteiger partial charge in [-0.2, -0.15) is 0 Å². The molecule has 1 aliphatic heterocycles. The van der Waals surface area contributed by atoms with Crippen LogP contribution in [0.1, 0.15) is 20.8 Å². The van der Waals surface area contributed by atoms with E-state index >= 15 is 0 Å². The van der Waals surface area contributed by atoms with Gasteiger partial charge >= 0.3 is 0 Å². The Morgan fingerprint density at radius 1 is 1.30 bits per heavy atom. The first kappa shape index (κ1) is 14.9. The smallest absolute Gasteiger partial charge is 0.228 e. The summed E-state index contributed by atoms with van der Waals surface area (Å²) in [6.07, 6.45) is 1.60. The lowest BCUT2D eigenvalue weighted by Crippen LogP contribution is -2.52. The lowest BCUT2D eigenvalue weighted by atomic mass is 9.94. The maximum atomic E-state index is 12.2. The molecule has 2 rings (SSSR count). The third-order valence-corrected chi connectivity index (χ3v) is 3.58. The number of hydrogen-bond acceptors (Lipinski definition) is 4. The molecule has 1 saturated heterocycles. The number of halogens is 1. The first-order chi connectivity index (χ1) is 9.29. The fourth-order valence-corrected chi connectivity index (χ4v) is 2.47. The van der Waals surface area contributed by atoms with Gasteiger partial charge in [-0.3, -0.25) is 4.79 Å². The highest BCUT2D eigenvalue weighted by atomic mass is 35.5. The number of piperazine rings is 1. The largest absolute Gasteiger partial charge is 0.396 e. The van der Waals surface area contributed by atoms with Crippen LogP contribution in [0, 0.1) is 5.41 Å². The van der Waals surface area contributed by atoms with Crippen LogP contribution in [-0.4, -0.2) is 42.0 Å². The van der Waals surface area contributed by atoms with Crippen LogP contribution in [0.2, 0.25) is 5.02 Å². The molecule has 0 radical (unpaired) electrons. The average Bonchev–Trinajstić information content (AvgIpc) is 2.37. The third-order valence-electron chi connectivity index (χ3n) is 3.37. The van der Waals surface area contributed by atoms with Crippen molar-refractivity contribution in [3.63, 3.8) is 0 Å². The molecule has 1 amide bonds. The van der Waals surface area contributed by atoms with E-state index in [0.717, 1.165) is 18.9 Å². The molecule has 1 fully saturated rings. The zero-order chi connectivity index (χ0) is 14.9. The number of nitrogens with zero attached hydrogens (tertiary/aromatic N) is 3. The van der Waals surface area contributed by atoms with Crippen LogP contribution in [0.3, 0.4) is 0 Å². The highest BCUT2D eigenvalue weighted by Gasteiger charge is 2.30. The van der Waals surface area contributed by atoms with E-state index in [1.807, 2.05) is 25.7 Å². The van der Waals surface area contributed by atoms with Crippen LogP contribution < -0.4 is 10.6 Å². The molecule has 0 unspecified atom stereocenters. The van der Waals surface area contributed by atoms with Crippen molar-refractivity contribution in [2.75, 3.05) is 36.8 Å². The molecule has 6 heteroatoms. The van der Waals surface area contributed by atoms with Crippen LogP contribution in [0.4, 0.5) is 11.5 Å². The zero-order valence-electron chi connectivity index (χ0n) is 12.2. The zero-order valence-corrected chi connectivity index (χ0v) is 12.9. The molecule has 0 atom stereocenters. The molecule has 1 aromatic heterocycles. The number of amides is 1. The van der Waals surface area contributed by atoms with Gasteiger partial charge in [-0.1, -0.05) is 32.4 Å². The van der Waals surface area contributed by atoms with Crippen LogP contribution in [0.25, 0.3) is 0 Å². The second-order valence-corrected chi connectivity index (χ2v) is 6.53. The third kappa shape index (κ3) is 3.15. The van der Waals surface area contributed by atoms with Crippen molar-refractivity contribution in [1.29, 1.82) is 0 Å². The average molecular weight is 297 g/mol. The maximum Gasteiger partial charge on any atom is 0.228 e. The fourth-order valence-electron chi connectivity index (χ4n) is 2.31. The van der Waals surface area contributed by atoms with Gasteiger partial charge in [-0.05, 0) is 6.07 Å². The number of nitrogen functional groups attached to an aromatic ring is 1. The summed E-state index contributed by atoms with van der Waals surface area (Å²) in [5.41, 5.74) is 6.19. The topological polar surface area (TPSA) is 62.5 Å². The normalized spacial score (nSPS) is 16.4. The van der Waals surface area contributed by atoms with E-state index in [2.05, 4.69) is 9.88 Å². The van der Waals surface area contributed by atoms with Gasteiger partial charge in [0.2, 0.25) is 5.91 Å². The summed E-state index contributed by atoms with van der Waals surface area (Å²) in [4.78, 5) is 20.5. The van der Waals surface area contributed by atoms with Crippen molar-refractivity contribution in [2.45, 2.75) is 20.8 Å². The Morgan fingerprint density at radius 2 is 1.90 bits per heavy atom. The molecule has 0 saturated carbocycles. The van der Waals surface area contributed by atoms with Crippen molar-refractivity contribution in [1.82, 2.24) is 9.88 Å².